The topological polar surface area (TPSA) is 12.0 Å². The van der Waals surface area contributed by atoms with Gasteiger partial charge in [0.15, 0.2) is 0 Å². The predicted octanol–water partition coefficient (Wildman–Crippen LogP) is 5.69. The first kappa shape index (κ1) is 16.2. The summed E-state index contributed by atoms with van der Waals surface area (Å²) >= 11 is 5.66. The Balaban J connectivity index is 2.94. The van der Waals surface area contributed by atoms with Crippen LogP contribution < -0.4 is 5.32 Å². The summed E-state index contributed by atoms with van der Waals surface area (Å²) in [5.41, 5.74) is 0. The Morgan fingerprint density at radius 3 is 2.22 bits per heavy atom. The average molecular weight is 332 g/mol. The Kier molecular flexibility index (Phi) is 7.50. The van der Waals surface area contributed by atoms with E-state index >= 15 is 0 Å². The fraction of sp³-hybridized carbons (Fsp3) is 0.733. The number of thiophene rings is 1. The van der Waals surface area contributed by atoms with Crippen molar-refractivity contribution in [2.45, 2.75) is 59.4 Å². The molecule has 0 bridgehead atoms. The van der Waals surface area contributed by atoms with Gasteiger partial charge in [-0.1, -0.05) is 33.6 Å². The molecule has 1 unspecified atom stereocenters. The van der Waals surface area contributed by atoms with E-state index in [2.05, 4.69) is 55.0 Å². The molecule has 0 amide bonds. The number of halogens is 1. The molecule has 1 rings (SSSR count). The van der Waals surface area contributed by atoms with Crippen LogP contribution in [0.1, 0.15) is 62.3 Å². The summed E-state index contributed by atoms with van der Waals surface area (Å²) in [5.74, 6) is 0.759. The van der Waals surface area contributed by atoms with Crippen LogP contribution in [0.2, 0.25) is 0 Å². The Morgan fingerprint density at radius 2 is 1.83 bits per heavy atom. The normalized spacial score (nSPS) is 13.2. The van der Waals surface area contributed by atoms with Gasteiger partial charge in [-0.25, -0.2) is 0 Å². The van der Waals surface area contributed by atoms with Gasteiger partial charge in [0, 0.05) is 20.3 Å². The van der Waals surface area contributed by atoms with Crippen LogP contribution >= 0.6 is 27.3 Å². The minimum absolute atomic E-state index is 0.517. The van der Waals surface area contributed by atoms with Crippen LogP contribution in [0.25, 0.3) is 0 Å². The van der Waals surface area contributed by atoms with Gasteiger partial charge in [-0.2, -0.15) is 0 Å². The molecule has 0 fully saturated rings. The highest BCUT2D eigenvalue weighted by atomic mass is 79.9. The minimum Gasteiger partial charge on any atom is -0.309 e. The maximum absolute atomic E-state index is 3.73. The largest absolute Gasteiger partial charge is 0.309 e. The van der Waals surface area contributed by atoms with E-state index in [0.29, 0.717) is 6.04 Å². The lowest BCUT2D eigenvalue weighted by Crippen LogP contribution is -2.28. The third kappa shape index (κ3) is 4.36. The van der Waals surface area contributed by atoms with Crippen LogP contribution in [0.3, 0.4) is 0 Å². The van der Waals surface area contributed by atoms with Gasteiger partial charge in [-0.3, -0.25) is 0 Å². The fourth-order valence-corrected chi connectivity index (χ4v) is 4.69. The second-order valence-corrected chi connectivity index (χ2v) is 7.08. The Bertz CT molecular complexity index is 342. The molecule has 1 aromatic rings. The highest BCUT2D eigenvalue weighted by Crippen LogP contribution is 2.38. The average Bonchev–Trinajstić information content (AvgIpc) is 2.65. The summed E-state index contributed by atoms with van der Waals surface area (Å²) in [6.45, 7) is 10.0. The molecule has 0 aromatic carbocycles. The van der Waals surface area contributed by atoms with Crippen molar-refractivity contribution in [2.75, 3.05) is 6.54 Å². The smallest absolute Gasteiger partial charge is 0.0454 e. The summed E-state index contributed by atoms with van der Waals surface area (Å²) < 4.78 is 1.29. The van der Waals surface area contributed by atoms with Gasteiger partial charge >= 0.3 is 0 Å². The van der Waals surface area contributed by atoms with Gasteiger partial charge in [0.25, 0.3) is 0 Å². The summed E-state index contributed by atoms with van der Waals surface area (Å²) in [7, 11) is 0. The molecule has 1 aromatic heterocycles. The van der Waals surface area contributed by atoms with Gasteiger partial charge < -0.3 is 5.32 Å². The first-order chi connectivity index (χ1) is 8.63. The van der Waals surface area contributed by atoms with Crippen LogP contribution in [-0.4, -0.2) is 6.54 Å². The molecule has 104 valence electrons. The predicted molar refractivity (Wildman–Crippen MR) is 86.5 cm³/mol. The summed E-state index contributed by atoms with van der Waals surface area (Å²) in [6, 6.07) is 2.77. The molecule has 3 heteroatoms. The standard InChI is InChI=1S/C15H26BrNS/c1-5-8-12(9-6-2)14(17-7-3)15-13(16)10-11(4)18-15/h10,12,14,17H,5-9H2,1-4H3. The van der Waals surface area contributed by atoms with E-state index in [9.17, 15) is 0 Å². The van der Waals surface area contributed by atoms with Crippen molar-refractivity contribution < 1.29 is 0 Å². The first-order valence-electron chi connectivity index (χ1n) is 7.13. The molecule has 0 aliphatic heterocycles. The molecule has 0 saturated carbocycles. The van der Waals surface area contributed by atoms with E-state index < -0.39 is 0 Å². The summed E-state index contributed by atoms with van der Waals surface area (Å²) in [5, 5.41) is 3.70. The molecular formula is C15H26BrNS. The van der Waals surface area contributed by atoms with Crippen molar-refractivity contribution in [1.29, 1.82) is 0 Å². The molecule has 1 nitrogen and oxygen atoms in total. The second-order valence-electron chi connectivity index (χ2n) is 4.94. The van der Waals surface area contributed by atoms with E-state index in [0.717, 1.165) is 12.5 Å². The summed E-state index contributed by atoms with van der Waals surface area (Å²) in [6.07, 6.45) is 5.17. The number of hydrogen-bond donors (Lipinski definition) is 1. The van der Waals surface area contributed by atoms with E-state index in [1.165, 1.54) is 39.9 Å². The third-order valence-corrected chi connectivity index (χ3v) is 5.39. The number of nitrogens with one attached hydrogen (secondary N) is 1. The van der Waals surface area contributed by atoms with Crippen LogP contribution in [0, 0.1) is 12.8 Å². The van der Waals surface area contributed by atoms with E-state index in [1.54, 1.807) is 0 Å². The minimum atomic E-state index is 0.517. The maximum atomic E-state index is 3.73. The monoisotopic (exact) mass is 331 g/mol. The van der Waals surface area contributed by atoms with Crippen LogP contribution in [0.15, 0.2) is 10.5 Å². The van der Waals surface area contributed by atoms with Crippen LogP contribution in [0.5, 0.6) is 0 Å². The van der Waals surface area contributed by atoms with E-state index in [-0.39, 0.29) is 0 Å². The van der Waals surface area contributed by atoms with Crippen LogP contribution in [-0.2, 0) is 0 Å². The third-order valence-electron chi connectivity index (χ3n) is 3.33. The quantitative estimate of drug-likeness (QED) is 0.645. The van der Waals surface area contributed by atoms with Gasteiger partial charge in [-0.05, 0) is 54.2 Å². The van der Waals surface area contributed by atoms with Crippen molar-refractivity contribution in [3.05, 3.63) is 20.3 Å². The zero-order chi connectivity index (χ0) is 13.5. The molecule has 0 spiro atoms. The van der Waals surface area contributed by atoms with Crippen molar-refractivity contribution >= 4 is 27.3 Å². The molecule has 0 saturated heterocycles. The molecule has 0 radical (unpaired) electrons. The molecule has 0 aliphatic rings. The lowest BCUT2D eigenvalue weighted by molar-refractivity contribution is 0.323. The lowest BCUT2D eigenvalue weighted by atomic mass is 9.89. The maximum Gasteiger partial charge on any atom is 0.0454 e. The van der Waals surface area contributed by atoms with Crippen molar-refractivity contribution in [3.8, 4) is 0 Å². The number of aryl methyl sites for hydroxylation is 1. The van der Waals surface area contributed by atoms with E-state index in [1.807, 2.05) is 11.3 Å². The molecule has 1 N–H and O–H groups in total. The number of hydrogen-bond acceptors (Lipinski definition) is 2. The molecule has 18 heavy (non-hydrogen) atoms. The van der Waals surface area contributed by atoms with Crippen LogP contribution in [0.4, 0.5) is 0 Å². The highest BCUT2D eigenvalue weighted by Gasteiger charge is 2.24. The molecule has 1 atom stereocenters. The zero-order valence-electron chi connectivity index (χ0n) is 12.1. The molecule has 1 heterocycles. The number of rotatable bonds is 8. The second kappa shape index (κ2) is 8.34. The fourth-order valence-electron chi connectivity index (χ4n) is 2.63. The molecule has 0 aliphatic carbocycles. The van der Waals surface area contributed by atoms with Crippen molar-refractivity contribution in [1.82, 2.24) is 5.32 Å². The highest BCUT2D eigenvalue weighted by molar-refractivity contribution is 9.10. The van der Waals surface area contributed by atoms with Gasteiger partial charge in [-0.15, -0.1) is 11.3 Å². The Labute approximate surface area is 125 Å². The van der Waals surface area contributed by atoms with Gasteiger partial charge in [0.05, 0.1) is 0 Å². The van der Waals surface area contributed by atoms with Gasteiger partial charge in [0.1, 0.15) is 0 Å². The lowest BCUT2D eigenvalue weighted by Gasteiger charge is -2.27. The van der Waals surface area contributed by atoms with Crippen molar-refractivity contribution in [3.63, 3.8) is 0 Å². The molecular weight excluding hydrogens is 306 g/mol. The SMILES string of the molecule is CCCC(CCC)C(NCC)c1sc(C)cc1Br. The van der Waals surface area contributed by atoms with E-state index in [4.69, 9.17) is 0 Å². The Hall–Kier alpha value is 0.140. The summed E-state index contributed by atoms with van der Waals surface area (Å²) in [4.78, 5) is 2.88. The van der Waals surface area contributed by atoms with Gasteiger partial charge in [0.2, 0.25) is 0 Å². The van der Waals surface area contributed by atoms with Crippen molar-refractivity contribution in [2.24, 2.45) is 5.92 Å². The first-order valence-corrected chi connectivity index (χ1v) is 8.74. The zero-order valence-corrected chi connectivity index (χ0v) is 14.5. The Morgan fingerprint density at radius 1 is 1.22 bits per heavy atom.